The zero-order chi connectivity index (χ0) is 25.3. The van der Waals surface area contributed by atoms with Crippen molar-refractivity contribution < 1.29 is 15.0 Å². The Bertz CT molecular complexity index is 1210. The number of amides is 1. The Labute approximate surface area is 214 Å². The van der Waals surface area contributed by atoms with Gasteiger partial charge in [-0.25, -0.2) is 14.6 Å². The molecule has 2 aliphatic rings. The third-order valence-corrected chi connectivity index (χ3v) is 8.69. The van der Waals surface area contributed by atoms with Crippen molar-refractivity contribution in [3.8, 4) is 0 Å². The number of aliphatic hydroxyl groups excluding tert-OH is 2. The standard InChI is InChI=1S/C25H33N7O3S/c1-3-5-11-36-19-13-18(33)21(34)25(19,24(35)26-4-2)32-23-20(30-31-32)22(27-14-28-23)29-17-12-16(17)15-9-7-6-8-10-15/h6-10,14,16-19,21,33-34H,3-5,11-13H2,1-2H3,(H,26,35)(H,27,28,29). The first-order valence-electron chi connectivity index (χ1n) is 12.7. The minimum Gasteiger partial charge on any atom is -0.390 e. The van der Waals surface area contributed by atoms with Gasteiger partial charge in [0.25, 0.3) is 5.91 Å². The third-order valence-electron chi connectivity index (χ3n) is 7.21. The second-order valence-corrected chi connectivity index (χ2v) is 10.9. The van der Waals surface area contributed by atoms with Gasteiger partial charge >= 0.3 is 0 Å². The van der Waals surface area contributed by atoms with Crippen molar-refractivity contribution in [3.63, 3.8) is 0 Å². The molecule has 192 valence electrons. The number of hydrogen-bond donors (Lipinski definition) is 4. The van der Waals surface area contributed by atoms with Crippen LogP contribution in [0.4, 0.5) is 5.82 Å². The molecule has 10 nitrogen and oxygen atoms in total. The number of unbranched alkanes of at least 4 members (excludes halogenated alkanes) is 1. The molecule has 1 aromatic carbocycles. The zero-order valence-corrected chi connectivity index (χ0v) is 21.4. The Balaban J connectivity index is 1.51. The number of likely N-dealkylation sites (N-methyl/N-ethyl adjacent to an activating group) is 1. The van der Waals surface area contributed by atoms with Gasteiger partial charge in [0.1, 0.15) is 12.4 Å². The Hall–Kier alpha value is -2.76. The fourth-order valence-electron chi connectivity index (χ4n) is 5.22. The van der Waals surface area contributed by atoms with Crippen LogP contribution in [-0.4, -0.2) is 76.9 Å². The first kappa shape index (κ1) is 24.9. The van der Waals surface area contributed by atoms with Crippen LogP contribution in [0, 0.1) is 0 Å². The van der Waals surface area contributed by atoms with Gasteiger partial charge in [0.15, 0.2) is 22.5 Å². The molecule has 2 saturated carbocycles. The summed E-state index contributed by atoms with van der Waals surface area (Å²) >= 11 is 1.58. The third kappa shape index (κ3) is 4.22. The summed E-state index contributed by atoms with van der Waals surface area (Å²) in [6, 6.07) is 10.5. The Morgan fingerprint density at radius 2 is 2.00 bits per heavy atom. The quantitative estimate of drug-likeness (QED) is 0.301. The molecule has 0 aliphatic heterocycles. The van der Waals surface area contributed by atoms with Crippen molar-refractivity contribution >= 4 is 34.7 Å². The Morgan fingerprint density at radius 1 is 1.19 bits per heavy atom. The molecule has 0 bridgehead atoms. The summed E-state index contributed by atoms with van der Waals surface area (Å²) in [5.74, 6) is 1.34. The number of fused-ring (bicyclic) bond motifs is 1. The highest BCUT2D eigenvalue weighted by Gasteiger charge is 2.62. The second kappa shape index (κ2) is 10.3. The molecule has 2 fully saturated rings. The van der Waals surface area contributed by atoms with Crippen LogP contribution in [0.2, 0.25) is 0 Å². The minimum absolute atomic E-state index is 0.212. The van der Waals surface area contributed by atoms with Gasteiger partial charge in [-0.05, 0) is 37.5 Å². The molecule has 2 heterocycles. The molecule has 36 heavy (non-hydrogen) atoms. The lowest BCUT2D eigenvalue weighted by molar-refractivity contribution is -0.137. The van der Waals surface area contributed by atoms with Crippen molar-refractivity contribution in [2.24, 2.45) is 0 Å². The van der Waals surface area contributed by atoms with Gasteiger partial charge in [-0.3, -0.25) is 4.79 Å². The van der Waals surface area contributed by atoms with Crippen molar-refractivity contribution in [1.82, 2.24) is 30.3 Å². The van der Waals surface area contributed by atoms with Gasteiger partial charge in [-0.15, -0.1) is 5.10 Å². The number of nitrogens with one attached hydrogen (secondary N) is 2. The summed E-state index contributed by atoms with van der Waals surface area (Å²) < 4.78 is 1.42. The van der Waals surface area contributed by atoms with Crippen LogP contribution in [0.1, 0.15) is 51.0 Å². The number of nitrogens with zero attached hydrogens (tertiary/aromatic N) is 5. The van der Waals surface area contributed by atoms with E-state index in [9.17, 15) is 15.0 Å². The topological polar surface area (TPSA) is 138 Å². The number of carbonyl (C=O) groups is 1. The molecule has 4 N–H and O–H groups in total. The molecule has 6 unspecified atom stereocenters. The molecule has 2 aliphatic carbocycles. The minimum atomic E-state index is -1.54. The second-order valence-electron chi connectivity index (χ2n) is 9.55. The maximum absolute atomic E-state index is 13.6. The number of hydrogen-bond acceptors (Lipinski definition) is 9. The highest BCUT2D eigenvalue weighted by atomic mass is 32.2. The number of carbonyl (C=O) groups excluding carboxylic acids is 1. The van der Waals surface area contributed by atoms with Crippen LogP contribution in [0.3, 0.4) is 0 Å². The van der Waals surface area contributed by atoms with Crippen LogP contribution in [0.15, 0.2) is 36.7 Å². The van der Waals surface area contributed by atoms with Crippen molar-refractivity contribution in [2.75, 3.05) is 17.6 Å². The smallest absolute Gasteiger partial charge is 0.252 e. The first-order chi connectivity index (χ1) is 17.5. The fourth-order valence-corrected chi connectivity index (χ4v) is 6.89. The molecule has 6 atom stereocenters. The molecule has 3 aromatic rings. The fraction of sp³-hybridized carbons (Fsp3) is 0.560. The number of rotatable bonds is 10. The van der Waals surface area contributed by atoms with E-state index in [-0.39, 0.29) is 12.5 Å². The molecule has 0 saturated heterocycles. The highest BCUT2D eigenvalue weighted by Crippen LogP contribution is 2.46. The first-order valence-corrected chi connectivity index (χ1v) is 13.7. The Morgan fingerprint density at radius 3 is 2.75 bits per heavy atom. The summed E-state index contributed by atoms with van der Waals surface area (Å²) in [6.45, 7) is 4.31. The molecule has 1 amide bonds. The van der Waals surface area contributed by atoms with Crippen molar-refractivity contribution in [2.45, 2.75) is 74.5 Å². The summed E-state index contributed by atoms with van der Waals surface area (Å²) in [5.41, 5.74) is 0.519. The summed E-state index contributed by atoms with van der Waals surface area (Å²) in [5, 5.41) is 36.6. The van der Waals surface area contributed by atoms with E-state index < -0.39 is 28.9 Å². The van der Waals surface area contributed by atoms with Gasteiger partial charge in [0.2, 0.25) is 0 Å². The molecule has 0 spiro atoms. The number of aliphatic hydroxyl groups is 2. The predicted octanol–water partition coefficient (Wildman–Crippen LogP) is 2.05. The molecule has 0 radical (unpaired) electrons. The maximum Gasteiger partial charge on any atom is 0.252 e. The lowest BCUT2D eigenvalue weighted by Gasteiger charge is -2.36. The molecule has 11 heteroatoms. The van der Waals surface area contributed by atoms with Crippen LogP contribution in [0.5, 0.6) is 0 Å². The van der Waals surface area contributed by atoms with Crippen LogP contribution < -0.4 is 10.6 Å². The Kier molecular flexibility index (Phi) is 7.14. The average Bonchev–Trinajstić information content (AvgIpc) is 3.44. The van der Waals surface area contributed by atoms with E-state index in [2.05, 4.69) is 50.0 Å². The molecule has 2 aromatic heterocycles. The van der Waals surface area contributed by atoms with Crippen molar-refractivity contribution in [1.29, 1.82) is 0 Å². The van der Waals surface area contributed by atoms with Gasteiger partial charge in [-0.1, -0.05) is 48.9 Å². The number of thioether (sulfide) groups is 1. The number of anilines is 1. The van der Waals surface area contributed by atoms with E-state index >= 15 is 0 Å². The maximum atomic E-state index is 13.6. The van der Waals surface area contributed by atoms with Gasteiger partial charge in [0, 0.05) is 23.8 Å². The average molecular weight is 512 g/mol. The highest BCUT2D eigenvalue weighted by molar-refractivity contribution is 8.00. The summed E-state index contributed by atoms with van der Waals surface area (Å²) in [6.07, 6.45) is 2.23. The lowest BCUT2D eigenvalue weighted by Crippen LogP contribution is -2.60. The molecular formula is C25H33N7O3S. The summed E-state index contributed by atoms with van der Waals surface area (Å²) in [4.78, 5) is 22.5. The zero-order valence-electron chi connectivity index (χ0n) is 20.5. The van der Waals surface area contributed by atoms with E-state index in [4.69, 9.17) is 0 Å². The largest absolute Gasteiger partial charge is 0.390 e. The van der Waals surface area contributed by atoms with Crippen LogP contribution >= 0.6 is 11.8 Å². The number of aromatic nitrogens is 5. The van der Waals surface area contributed by atoms with Gasteiger partial charge < -0.3 is 20.8 Å². The van der Waals surface area contributed by atoms with E-state index in [1.165, 1.54) is 16.6 Å². The SMILES string of the molecule is CCCCSC1CC(O)C(O)C1(C(=O)NCC)n1nnc2c(NC3CC3c3ccccc3)ncnc21. The van der Waals surface area contributed by atoms with E-state index in [1.807, 2.05) is 25.1 Å². The lowest BCUT2D eigenvalue weighted by atomic mass is 9.92. The van der Waals surface area contributed by atoms with Crippen LogP contribution in [0.25, 0.3) is 11.2 Å². The molecule has 5 rings (SSSR count). The number of benzene rings is 1. The van der Waals surface area contributed by atoms with Crippen LogP contribution in [-0.2, 0) is 10.3 Å². The van der Waals surface area contributed by atoms with E-state index in [0.717, 1.165) is 25.0 Å². The predicted molar refractivity (Wildman–Crippen MR) is 139 cm³/mol. The van der Waals surface area contributed by atoms with Crippen molar-refractivity contribution in [3.05, 3.63) is 42.2 Å². The van der Waals surface area contributed by atoms with Gasteiger partial charge in [0.05, 0.1) is 6.10 Å². The van der Waals surface area contributed by atoms with E-state index in [1.54, 1.807) is 11.8 Å². The molecular weight excluding hydrogens is 478 g/mol. The van der Waals surface area contributed by atoms with E-state index in [0.29, 0.717) is 29.4 Å². The monoisotopic (exact) mass is 511 g/mol. The normalized spacial score (nSPS) is 29.4. The summed E-state index contributed by atoms with van der Waals surface area (Å²) in [7, 11) is 0. The van der Waals surface area contributed by atoms with Gasteiger partial charge in [-0.2, -0.15) is 11.8 Å².